The molecule has 1 aliphatic carbocycles. The van der Waals surface area contributed by atoms with Crippen LogP contribution in [-0.2, 0) is 16.1 Å². The zero-order valence-corrected chi connectivity index (χ0v) is 13.9. The van der Waals surface area contributed by atoms with Crippen molar-refractivity contribution in [2.75, 3.05) is 5.32 Å². The lowest BCUT2D eigenvalue weighted by atomic mass is 10.1. The molecule has 0 heterocycles. The fourth-order valence-electron chi connectivity index (χ4n) is 2.32. The van der Waals surface area contributed by atoms with Crippen LogP contribution in [0.2, 0.25) is 0 Å². The molecule has 2 aromatic rings. The maximum atomic E-state index is 12.9. The second kappa shape index (κ2) is 7.77. The third-order valence-corrected chi connectivity index (χ3v) is 3.91. The Morgan fingerprint density at radius 1 is 0.962 bits per heavy atom. The number of hydrogen-bond acceptors (Lipinski definition) is 3. The van der Waals surface area contributed by atoms with Crippen molar-refractivity contribution in [3.8, 4) is 0 Å². The van der Waals surface area contributed by atoms with E-state index in [1.807, 2.05) is 0 Å². The number of hydrogen-bond donors (Lipinski definition) is 3. The summed E-state index contributed by atoms with van der Waals surface area (Å²) in [6.07, 6.45) is 1.90. The second-order valence-electron chi connectivity index (χ2n) is 6.06. The molecular weight excluding hydrogens is 337 g/mol. The monoisotopic (exact) mass is 355 g/mol. The predicted molar refractivity (Wildman–Crippen MR) is 93.8 cm³/mol. The van der Waals surface area contributed by atoms with Crippen molar-refractivity contribution in [3.05, 3.63) is 65.5 Å². The minimum atomic E-state index is -0.876. The SMILES string of the molecule is O=C(NCc1ccc(F)cc1)C(=O)Nc1ccccc1C(=O)NC1CC1. The molecule has 0 bridgehead atoms. The molecule has 134 valence electrons. The van der Waals surface area contributed by atoms with Crippen LogP contribution >= 0.6 is 0 Å². The van der Waals surface area contributed by atoms with Crippen LogP contribution in [0.15, 0.2) is 48.5 Å². The van der Waals surface area contributed by atoms with E-state index in [1.165, 1.54) is 24.3 Å². The molecule has 0 unspecified atom stereocenters. The number of halogens is 1. The standard InChI is InChI=1S/C19H18FN3O3/c20-13-7-5-12(6-8-13)11-21-18(25)19(26)23-16-4-2-1-3-15(16)17(24)22-14-9-10-14/h1-8,14H,9-11H2,(H,21,25)(H,22,24)(H,23,26). The summed E-state index contributed by atoms with van der Waals surface area (Å²) < 4.78 is 12.9. The first kappa shape index (κ1) is 17.6. The highest BCUT2D eigenvalue weighted by atomic mass is 19.1. The number of benzene rings is 2. The van der Waals surface area contributed by atoms with E-state index >= 15 is 0 Å². The summed E-state index contributed by atoms with van der Waals surface area (Å²) in [5, 5.41) is 7.76. The van der Waals surface area contributed by atoms with E-state index in [4.69, 9.17) is 0 Å². The lowest BCUT2D eigenvalue weighted by Crippen LogP contribution is -2.35. The van der Waals surface area contributed by atoms with Gasteiger partial charge in [-0.15, -0.1) is 0 Å². The molecule has 0 spiro atoms. The van der Waals surface area contributed by atoms with Crippen LogP contribution in [0.1, 0.15) is 28.8 Å². The van der Waals surface area contributed by atoms with Gasteiger partial charge in [0.25, 0.3) is 5.91 Å². The predicted octanol–water partition coefficient (Wildman–Crippen LogP) is 1.97. The van der Waals surface area contributed by atoms with Crippen molar-refractivity contribution < 1.29 is 18.8 Å². The number of amides is 3. The van der Waals surface area contributed by atoms with Crippen molar-refractivity contribution in [1.29, 1.82) is 0 Å². The summed E-state index contributed by atoms with van der Waals surface area (Å²) in [6.45, 7) is 0.0936. The summed E-state index contributed by atoms with van der Waals surface area (Å²) in [5.74, 6) is -2.38. The summed E-state index contributed by atoms with van der Waals surface area (Å²) in [6, 6.07) is 12.3. The van der Waals surface area contributed by atoms with Gasteiger partial charge in [0.15, 0.2) is 0 Å². The quantitative estimate of drug-likeness (QED) is 0.717. The van der Waals surface area contributed by atoms with Crippen LogP contribution in [0, 0.1) is 5.82 Å². The molecule has 0 aliphatic heterocycles. The van der Waals surface area contributed by atoms with Gasteiger partial charge in [0, 0.05) is 12.6 Å². The Balaban J connectivity index is 1.59. The van der Waals surface area contributed by atoms with Gasteiger partial charge in [-0.1, -0.05) is 24.3 Å². The average Bonchev–Trinajstić information content (AvgIpc) is 3.45. The molecule has 26 heavy (non-hydrogen) atoms. The van der Waals surface area contributed by atoms with Gasteiger partial charge in [0.05, 0.1) is 11.3 Å². The van der Waals surface area contributed by atoms with Crippen molar-refractivity contribution >= 4 is 23.4 Å². The molecule has 1 fully saturated rings. The molecule has 1 aliphatic rings. The summed E-state index contributed by atoms with van der Waals surface area (Å²) in [5.41, 5.74) is 1.24. The van der Waals surface area contributed by atoms with Gasteiger partial charge in [-0.2, -0.15) is 0 Å². The molecule has 7 heteroatoms. The van der Waals surface area contributed by atoms with Crippen LogP contribution < -0.4 is 16.0 Å². The first-order valence-corrected chi connectivity index (χ1v) is 8.26. The molecule has 1 saturated carbocycles. The molecule has 3 N–H and O–H groups in total. The normalized spacial score (nSPS) is 13.0. The highest BCUT2D eigenvalue weighted by molar-refractivity contribution is 6.40. The summed E-state index contributed by atoms with van der Waals surface area (Å²) in [4.78, 5) is 36.3. The number of carbonyl (C=O) groups excluding carboxylic acids is 3. The molecule has 0 aromatic heterocycles. The van der Waals surface area contributed by atoms with E-state index < -0.39 is 11.8 Å². The minimum Gasteiger partial charge on any atom is -0.349 e. The van der Waals surface area contributed by atoms with Crippen LogP contribution in [-0.4, -0.2) is 23.8 Å². The third-order valence-electron chi connectivity index (χ3n) is 3.91. The molecule has 0 atom stereocenters. The van der Waals surface area contributed by atoms with Gasteiger partial charge >= 0.3 is 11.8 Å². The maximum absolute atomic E-state index is 12.9. The van der Waals surface area contributed by atoms with Crippen molar-refractivity contribution in [2.24, 2.45) is 0 Å². The van der Waals surface area contributed by atoms with E-state index in [1.54, 1.807) is 24.3 Å². The van der Waals surface area contributed by atoms with E-state index in [0.717, 1.165) is 12.8 Å². The van der Waals surface area contributed by atoms with E-state index in [-0.39, 0.29) is 30.0 Å². The first-order chi connectivity index (χ1) is 12.5. The minimum absolute atomic E-state index is 0.0936. The first-order valence-electron chi connectivity index (χ1n) is 8.26. The molecule has 6 nitrogen and oxygen atoms in total. The zero-order chi connectivity index (χ0) is 18.5. The maximum Gasteiger partial charge on any atom is 0.313 e. The molecular formula is C19H18FN3O3. The molecule has 0 saturated heterocycles. The Labute approximate surface area is 149 Å². The second-order valence-corrected chi connectivity index (χ2v) is 6.06. The highest BCUT2D eigenvalue weighted by Crippen LogP contribution is 2.21. The van der Waals surface area contributed by atoms with Crippen LogP contribution in [0.25, 0.3) is 0 Å². The van der Waals surface area contributed by atoms with Crippen molar-refractivity contribution in [3.63, 3.8) is 0 Å². The van der Waals surface area contributed by atoms with Crippen LogP contribution in [0.5, 0.6) is 0 Å². The lowest BCUT2D eigenvalue weighted by Gasteiger charge is -2.11. The Kier molecular flexibility index (Phi) is 5.26. The lowest BCUT2D eigenvalue weighted by molar-refractivity contribution is -0.136. The van der Waals surface area contributed by atoms with Gasteiger partial charge < -0.3 is 16.0 Å². The fourth-order valence-corrected chi connectivity index (χ4v) is 2.32. The smallest absolute Gasteiger partial charge is 0.313 e. The van der Waals surface area contributed by atoms with Gasteiger partial charge in [0.1, 0.15) is 5.82 Å². The van der Waals surface area contributed by atoms with E-state index in [9.17, 15) is 18.8 Å². The highest BCUT2D eigenvalue weighted by Gasteiger charge is 2.25. The summed E-state index contributed by atoms with van der Waals surface area (Å²) in [7, 11) is 0. The topological polar surface area (TPSA) is 87.3 Å². The van der Waals surface area contributed by atoms with Crippen molar-refractivity contribution in [1.82, 2.24) is 10.6 Å². The van der Waals surface area contributed by atoms with E-state index in [2.05, 4.69) is 16.0 Å². The number of para-hydroxylation sites is 1. The number of rotatable bonds is 5. The Morgan fingerprint density at radius 2 is 1.65 bits per heavy atom. The Bertz CT molecular complexity index is 832. The van der Waals surface area contributed by atoms with Gasteiger partial charge in [-0.3, -0.25) is 14.4 Å². The molecule has 3 amide bonds. The largest absolute Gasteiger partial charge is 0.349 e. The third kappa shape index (κ3) is 4.66. The number of nitrogens with one attached hydrogen (secondary N) is 3. The fraction of sp³-hybridized carbons (Fsp3) is 0.211. The van der Waals surface area contributed by atoms with Crippen molar-refractivity contribution in [2.45, 2.75) is 25.4 Å². The van der Waals surface area contributed by atoms with E-state index in [0.29, 0.717) is 11.1 Å². The molecule has 2 aromatic carbocycles. The zero-order valence-electron chi connectivity index (χ0n) is 13.9. The molecule has 3 rings (SSSR count). The summed E-state index contributed by atoms with van der Waals surface area (Å²) >= 11 is 0. The molecule has 0 radical (unpaired) electrons. The van der Waals surface area contributed by atoms with Gasteiger partial charge in [-0.25, -0.2) is 4.39 Å². The Hall–Kier alpha value is -3.22. The average molecular weight is 355 g/mol. The van der Waals surface area contributed by atoms with Crippen LogP contribution in [0.3, 0.4) is 0 Å². The van der Waals surface area contributed by atoms with Gasteiger partial charge in [-0.05, 0) is 42.7 Å². The number of anilines is 1. The van der Waals surface area contributed by atoms with Gasteiger partial charge in [0.2, 0.25) is 0 Å². The number of carbonyl (C=O) groups is 3. The Morgan fingerprint density at radius 3 is 2.35 bits per heavy atom. The van der Waals surface area contributed by atoms with Crippen LogP contribution in [0.4, 0.5) is 10.1 Å².